The van der Waals surface area contributed by atoms with Crippen molar-refractivity contribution < 1.29 is 22.7 Å². The third-order valence-corrected chi connectivity index (χ3v) is 7.35. The van der Waals surface area contributed by atoms with Crippen LogP contribution in [-0.4, -0.2) is 44.8 Å². The van der Waals surface area contributed by atoms with Crippen molar-refractivity contribution >= 4 is 33.2 Å². The third-order valence-electron chi connectivity index (χ3n) is 4.83. The van der Waals surface area contributed by atoms with Gasteiger partial charge in [-0.3, -0.25) is 9.59 Å². The van der Waals surface area contributed by atoms with Crippen molar-refractivity contribution in [3.05, 3.63) is 47.3 Å². The minimum absolute atomic E-state index is 0.0283. The molecule has 1 saturated heterocycles. The van der Waals surface area contributed by atoms with Crippen LogP contribution in [0.3, 0.4) is 0 Å². The molecule has 1 atom stereocenters. The summed E-state index contributed by atoms with van der Waals surface area (Å²) < 4.78 is 28.3. The second-order valence-electron chi connectivity index (χ2n) is 7.07. The van der Waals surface area contributed by atoms with Crippen LogP contribution in [0.2, 0.25) is 0 Å². The van der Waals surface area contributed by atoms with Gasteiger partial charge in [-0.25, -0.2) is 13.6 Å². The number of carbonyl (C=O) groups is 2. The lowest BCUT2D eigenvalue weighted by Crippen LogP contribution is -2.45. The molecule has 0 radical (unpaired) electrons. The van der Waals surface area contributed by atoms with Gasteiger partial charge in [-0.05, 0) is 37.1 Å². The Kier molecular flexibility index (Phi) is 7.46. The van der Waals surface area contributed by atoms with E-state index in [1.807, 2.05) is 30.3 Å². The Morgan fingerprint density at radius 1 is 1.20 bits per heavy atom. The molecule has 0 spiro atoms. The number of hydrogen-bond acceptors (Lipinski definition) is 6. The maximum Gasteiger partial charge on any atom is 0.247 e. The lowest BCUT2D eigenvalue weighted by molar-refractivity contribution is -0.136. The zero-order valence-corrected chi connectivity index (χ0v) is 18.1. The van der Waals surface area contributed by atoms with E-state index in [2.05, 4.69) is 5.32 Å². The number of nitrogens with zero attached hydrogens (tertiary/aromatic N) is 1. The van der Waals surface area contributed by atoms with Crippen molar-refractivity contribution in [2.75, 3.05) is 19.7 Å². The standard InChI is InChI=1S/C20H25N3O5S2/c21-30(26,27)19-9-8-17(29-19)13-22-20(25)15-5-4-11-23(14-15)18(24)10-12-28-16-6-2-1-3-7-16/h1-3,6-9,15H,4-5,10-14H2,(H,22,25)(H2,21,26,27). The molecule has 30 heavy (non-hydrogen) atoms. The Bertz CT molecular complexity index is 975. The zero-order chi connectivity index (χ0) is 21.6. The molecule has 2 amide bonds. The van der Waals surface area contributed by atoms with Crippen molar-refractivity contribution in [1.29, 1.82) is 0 Å². The minimum atomic E-state index is -3.73. The third kappa shape index (κ3) is 6.28. The first-order chi connectivity index (χ1) is 14.3. The fourth-order valence-electron chi connectivity index (χ4n) is 3.27. The Balaban J connectivity index is 1.44. The highest BCUT2D eigenvalue weighted by Crippen LogP contribution is 2.21. The number of rotatable bonds is 8. The summed E-state index contributed by atoms with van der Waals surface area (Å²) in [4.78, 5) is 27.4. The van der Waals surface area contributed by atoms with Crippen molar-refractivity contribution in [2.45, 2.75) is 30.0 Å². The molecule has 1 aliphatic rings. The molecule has 3 N–H and O–H groups in total. The van der Waals surface area contributed by atoms with E-state index in [9.17, 15) is 18.0 Å². The fraction of sp³-hybridized carbons (Fsp3) is 0.400. The first kappa shape index (κ1) is 22.3. The van der Waals surface area contributed by atoms with Crippen LogP contribution < -0.4 is 15.2 Å². The van der Waals surface area contributed by atoms with E-state index in [0.717, 1.165) is 23.5 Å². The SMILES string of the molecule is NS(=O)(=O)c1ccc(CNC(=O)C2CCCN(C(=O)CCOc3ccccc3)C2)s1. The monoisotopic (exact) mass is 451 g/mol. The van der Waals surface area contributed by atoms with Crippen molar-refractivity contribution in [1.82, 2.24) is 10.2 Å². The number of nitrogens with two attached hydrogens (primary N) is 1. The summed E-state index contributed by atoms with van der Waals surface area (Å²) in [5.41, 5.74) is 0. The van der Waals surface area contributed by atoms with Gasteiger partial charge in [0, 0.05) is 18.0 Å². The van der Waals surface area contributed by atoms with E-state index in [0.29, 0.717) is 31.0 Å². The number of carbonyl (C=O) groups excluding carboxylic acids is 2. The second kappa shape index (κ2) is 10.1. The number of thiophene rings is 1. The summed E-state index contributed by atoms with van der Waals surface area (Å²) in [6.45, 7) is 1.54. The van der Waals surface area contributed by atoms with Gasteiger partial charge in [-0.1, -0.05) is 18.2 Å². The molecule has 162 valence electrons. The summed E-state index contributed by atoms with van der Waals surface area (Å²) in [5, 5.41) is 7.93. The van der Waals surface area contributed by atoms with E-state index >= 15 is 0 Å². The topological polar surface area (TPSA) is 119 Å². The maximum atomic E-state index is 12.5. The lowest BCUT2D eigenvalue weighted by atomic mass is 9.97. The van der Waals surface area contributed by atoms with Crippen molar-refractivity contribution in [2.24, 2.45) is 11.1 Å². The molecule has 3 rings (SSSR count). The Morgan fingerprint density at radius 2 is 1.97 bits per heavy atom. The highest BCUT2D eigenvalue weighted by molar-refractivity contribution is 7.91. The average Bonchev–Trinajstić information content (AvgIpc) is 3.22. The Labute approximate surface area is 180 Å². The molecule has 0 aliphatic carbocycles. The van der Waals surface area contributed by atoms with Gasteiger partial charge in [-0.2, -0.15) is 0 Å². The number of benzene rings is 1. The largest absolute Gasteiger partial charge is 0.493 e. The number of likely N-dealkylation sites (tertiary alicyclic amines) is 1. The number of amides is 2. The normalized spacial score (nSPS) is 16.8. The van der Waals surface area contributed by atoms with Gasteiger partial charge < -0.3 is 15.0 Å². The first-order valence-electron chi connectivity index (χ1n) is 9.68. The molecular weight excluding hydrogens is 426 g/mol. The van der Waals surface area contributed by atoms with Crippen LogP contribution >= 0.6 is 11.3 Å². The molecule has 1 aromatic heterocycles. The van der Waals surface area contributed by atoms with Gasteiger partial charge >= 0.3 is 0 Å². The Hall–Kier alpha value is -2.43. The zero-order valence-electron chi connectivity index (χ0n) is 16.5. The molecule has 1 fully saturated rings. The number of hydrogen-bond donors (Lipinski definition) is 2. The molecule has 1 aromatic carbocycles. The smallest absolute Gasteiger partial charge is 0.247 e. The van der Waals surface area contributed by atoms with Crippen LogP contribution in [0.25, 0.3) is 0 Å². The number of piperidine rings is 1. The Morgan fingerprint density at radius 3 is 2.67 bits per heavy atom. The van der Waals surface area contributed by atoms with Crippen LogP contribution in [0.4, 0.5) is 0 Å². The summed E-state index contributed by atoms with van der Waals surface area (Å²) >= 11 is 1.04. The van der Waals surface area contributed by atoms with Crippen LogP contribution in [-0.2, 0) is 26.2 Å². The summed E-state index contributed by atoms with van der Waals surface area (Å²) in [6.07, 6.45) is 1.73. The molecule has 2 heterocycles. The van der Waals surface area contributed by atoms with Crippen LogP contribution in [0.1, 0.15) is 24.1 Å². The number of nitrogens with one attached hydrogen (secondary N) is 1. The molecular formula is C20H25N3O5S2. The van der Waals surface area contributed by atoms with Gasteiger partial charge in [0.25, 0.3) is 0 Å². The number of primary sulfonamides is 1. The van der Waals surface area contributed by atoms with Crippen molar-refractivity contribution in [3.63, 3.8) is 0 Å². The molecule has 8 nitrogen and oxygen atoms in total. The molecule has 10 heteroatoms. The van der Waals surface area contributed by atoms with Gasteiger partial charge in [0.1, 0.15) is 9.96 Å². The number of para-hydroxylation sites is 1. The molecule has 1 aliphatic heterocycles. The predicted molar refractivity (Wildman–Crippen MR) is 113 cm³/mol. The van der Waals surface area contributed by atoms with E-state index in [-0.39, 0.29) is 34.9 Å². The number of ether oxygens (including phenoxy) is 1. The second-order valence-corrected chi connectivity index (χ2v) is 10.0. The summed E-state index contributed by atoms with van der Waals surface area (Å²) in [5.74, 6) is 0.272. The maximum absolute atomic E-state index is 12.5. The van der Waals surface area contributed by atoms with E-state index < -0.39 is 10.0 Å². The summed E-state index contributed by atoms with van der Waals surface area (Å²) in [7, 11) is -3.73. The summed E-state index contributed by atoms with van der Waals surface area (Å²) in [6, 6.07) is 12.4. The van der Waals surface area contributed by atoms with E-state index in [4.69, 9.17) is 9.88 Å². The van der Waals surface area contributed by atoms with Gasteiger partial charge in [0.2, 0.25) is 21.8 Å². The van der Waals surface area contributed by atoms with Gasteiger partial charge in [0.15, 0.2) is 0 Å². The molecule has 2 aromatic rings. The van der Waals surface area contributed by atoms with Crippen LogP contribution in [0.5, 0.6) is 5.75 Å². The quantitative estimate of drug-likeness (QED) is 0.633. The molecule has 0 saturated carbocycles. The molecule has 0 bridgehead atoms. The molecule has 1 unspecified atom stereocenters. The average molecular weight is 452 g/mol. The fourth-order valence-corrected chi connectivity index (χ4v) is 4.99. The van der Waals surface area contributed by atoms with Gasteiger partial charge in [0.05, 0.1) is 25.5 Å². The van der Waals surface area contributed by atoms with Crippen LogP contribution in [0.15, 0.2) is 46.7 Å². The van der Waals surface area contributed by atoms with E-state index in [1.165, 1.54) is 6.07 Å². The highest BCUT2D eigenvalue weighted by atomic mass is 32.2. The number of sulfonamides is 1. The minimum Gasteiger partial charge on any atom is -0.493 e. The highest BCUT2D eigenvalue weighted by Gasteiger charge is 2.28. The lowest BCUT2D eigenvalue weighted by Gasteiger charge is -2.32. The predicted octanol–water partition coefficient (Wildman–Crippen LogP) is 1.72. The first-order valence-corrected chi connectivity index (χ1v) is 12.0. The van der Waals surface area contributed by atoms with Crippen molar-refractivity contribution in [3.8, 4) is 5.75 Å². The van der Waals surface area contributed by atoms with Gasteiger partial charge in [-0.15, -0.1) is 11.3 Å². The van der Waals surface area contributed by atoms with E-state index in [1.54, 1.807) is 11.0 Å². The van der Waals surface area contributed by atoms with Crippen LogP contribution in [0, 0.1) is 5.92 Å².